The van der Waals surface area contributed by atoms with Gasteiger partial charge in [-0.2, -0.15) is 0 Å². The molecule has 0 amide bonds. The summed E-state index contributed by atoms with van der Waals surface area (Å²) in [5.74, 6) is 1.59. The second-order valence-electron chi connectivity index (χ2n) is 5.63. The smallest absolute Gasteiger partial charge is 0.119 e. The molecule has 1 N–H and O–H groups in total. The molecular formula is C16H23NO2. The lowest BCUT2D eigenvalue weighted by Gasteiger charge is -2.25. The molecule has 2 aliphatic rings. The second-order valence-corrected chi connectivity index (χ2v) is 5.63. The summed E-state index contributed by atoms with van der Waals surface area (Å²) in [5.41, 5.74) is 2.90. The predicted octanol–water partition coefficient (Wildman–Crippen LogP) is 2.70. The van der Waals surface area contributed by atoms with Crippen LogP contribution in [0.4, 0.5) is 0 Å². The number of aryl methyl sites for hydroxylation is 1. The fraction of sp³-hybridized carbons (Fsp3) is 0.625. The van der Waals surface area contributed by atoms with Gasteiger partial charge in [-0.1, -0.05) is 6.07 Å². The molecule has 1 heterocycles. The van der Waals surface area contributed by atoms with Gasteiger partial charge in [-0.25, -0.2) is 0 Å². The molecular weight excluding hydrogens is 238 g/mol. The van der Waals surface area contributed by atoms with Gasteiger partial charge in [0.25, 0.3) is 0 Å². The Morgan fingerprint density at radius 1 is 1.37 bits per heavy atom. The van der Waals surface area contributed by atoms with Gasteiger partial charge in [0.1, 0.15) is 5.75 Å². The Kier molecular flexibility index (Phi) is 4.04. The van der Waals surface area contributed by atoms with Crippen molar-refractivity contribution in [1.82, 2.24) is 5.32 Å². The van der Waals surface area contributed by atoms with E-state index in [4.69, 9.17) is 9.47 Å². The Hall–Kier alpha value is -1.06. The summed E-state index contributed by atoms with van der Waals surface area (Å²) < 4.78 is 11.3. The first kappa shape index (κ1) is 12.9. The molecule has 1 aromatic carbocycles. The van der Waals surface area contributed by atoms with Crippen LogP contribution in [0.25, 0.3) is 0 Å². The summed E-state index contributed by atoms with van der Waals surface area (Å²) in [5, 5.41) is 3.40. The minimum atomic E-state index is 0.515. The minimum absolute atomic E-state index is 0.515. The van der Waals surface area contributed by atoms with E-state index in [0.29, 0.717) is 12.0 Å². The summed E-state index contributed by atoms with van der Waals surface area (Å²) in [4.78, 5) is 0. The first-order chi connectivity index (χ1) is 9.36. The molecule has 1 aliphatic heterocycles. The highest BCUT2D eigenvalue weighted by atomic mass is 16.5. The number of benzene rings is 1. The summed E-state index contributed by atoms with van der Waals surface area (Å²) in [6, 6.07) is 7.09. The number of hydrogen-bond donors (Lipinski definition) is 1. The number of fused-ring (bicyclic) bond motifs is 1. The van der Waals surface area contributed by atoms with Crippen LogP contribution in [-0.4, -0.2) is 26.9 Å². The fourth-order valence-electron chi connectivity index (χ4n) is 3.11. The largest absolute Gasteiger partial charge is 0.493 e. The number of rotatable bonds is 4. The molecule has 0 bridgehead atoms. The Morgan fingerprint density at radius 3 is 3.11 bits per heavy atom. The standard InChI is InChI=1S/C16H23NO2/c1-17-16-4-2-3-13-9-14(5-6-15(13)16)19-11-12-7-8-18-10-12/h5-6,9,12,16-17H,2-4,7-8,10-11H2,1H3. The zero-order chi connectivity index (χ0) is 13.1. The quantitative estimate of drug-likeness (QED) is 0.904. The van der Waals surface area contributed by atoms with Crippen LogP contribution in [0.15, 0.2) is 18.2 Å². The highest BCUT2D eigenvalue weighted by Gasteiger charge is 2.20. The SMILES string of the molecule is CNC1CCCc2cc(OCC3CCOC3)ccc21. The van der Waals surface area contributed by atoms with Crippen molar-refractivity contribution in [1.29, 1.82) is 0 Å². The van der Waals surface area contributed by atoms with Crippen LogP contribution in [0.5, 0.6) is 5.75 Å². The van der Waals surface area contributed by atoms with Crippen LogP contribution >= 0.6 is 0 Å². The fourth-order valence-corrected chi connectivity index (χ4v) is 3.11. The van der Waals surface area contributed by atoms with Crippen molar-refractivity contribution >= 4 is 0 Å². The minimum Gasteiger partial charge on any atom is -0.493 e. The molecule has 104 valence electrons. The van der Waals surface area contributed by atoms with E-state index < -0.39 is 0 Å². The van der Waals surface area contributed by atoms with Gasteiger partial charge in [-0.15, -0.1) is 0 Å². The van der Waals surface area contributed by atoms with Gasteiger partial charge in [0.15, 0.2) is 0 Å². The van der Waals surface area contributed by atoms with Crippen molar-refractivity contribution in [2.45, 2.75) is 31.7 Å². The lowest BCUT2D eigenvalue weighted by Crippen LogP contribution is -2.21. The highest BCUT2D eigenvalue weighted by molar-refractivity contribution is 5.39. The van der Waals surface area contributed by atoms with Crippen molar-refractivity contribution in [2.75, 3.05) is 26.9 Å². The summed E-state index contributed by atoms with van der Waals surface area (Å²) in [7, 11) is 2.05. The average Bonchev–Trinajstić information content (AvgIpc) is 2.97. The van der Waals surface area contributed by atoms with Gasteiger partial charge in [-0.3, -0.25) is 0 Å². The van der Waals surface area contributed by atoms with E-state index in [0.717, 1.165) is 32.0 Å². The van der Waals surface area contributed by atoms with Gasteiger partial charge in [0, 0.05) is 18.6 Å². The van der Waals surface area contributed by atoms with E-state index in [-0.39, 0.29) is 0 Å². The normalized spacial score (nSPS) is 26.2. The van der Waals surface area contributed by atoms with Crippen LogP contribution in [0.2, 0.25) is 0 Å². The number of nitrogens with one attached hydrogen (secondary N) is 1. The Balaban J connectivity index is 1.66. The maximum absolute atomic E-state index is 5.92. The molecule has 3 rings (SSSR count). The summed E-state index contributed by atoms with van der Waals surface area (Å²) >= 11 is 0. The van der Waals surface area contributed by atoms with Gasteiger partial charge >= 0.3 is 0 Å². The van der Waals surface area contributed by atoms with Gasteiger partial charge < -0.3 is 14.8 Å². The lowest BCUT2D eigenvalue weighted by molar-refractivity contribution is 0.167. The zero-order valence-electron chi connectivity index (χ0n) is 11.7. The molecule has 3 nitrogen and oxygen atoms in total. The van der Waals surface area contributed by atoms with E-state index in [1.807, 2.05) is 7.05 Å². The molecule has 0 radical (unpaired) electrons. The molecule has 0 aromatic heterocycles. The monoisotopic (exact) mass is 261 g/mol. The third-order valence-electron chi connectivity index (χ3n) is 4.29. The topological polar surface area (TPSA) is 30.5 Å². The first-order valence-corrected chi connectivity index (χ1v) is 7.37. The second kappa shape index (κ2) is 5.93. The number of hydrogen-bond acceptors (Lipinski definition) is 3. The maximum atomic E-state index is 5.92. The molecule has 1 aromatic rings. The van der Waals surface area contributed by atoms with Crippen molar-refractivity contribution < 1.29 is 9.47 Å². The first-order valence-electron chi connectivity index (χ1n) is 7.37. The van der Waals surface area contributed by atoms with Gasteiger partial charge in [0.05, 0.1) is 13.2 Å². The average molecular weight is 261 g/mol. The van der Waals surface area contributed by atoms with Crippen LogP contribution < -0.4 is 10.1 Å². The molecule has 0 spiro atoms. The Morgan fingerprint density at radius 2 is 2.32 bits per heavy atom. The van der Waals surface area contributed by atoms with E-state index in [1.165, 1.54) is 30.4 Å². The van der Waals surface area contributed by atoms with Crippen LogP contribution in [0.3, 0.4) is 0 Å². The number of ether oxygens (including phenoxy) is 2. The van der Waals surface area contributed by atoms with E-state index in [2.05, 4.69) is 23.5 Å². The molecule has 3 heteroatoms. The predicted molar refractivity (Wildman–Crippen MR) is 75.6 cm³/mol. The Labute approximate surface area is 115 Å². The lowest BCUT2D eigenvalue weighted by atomic mass is 9.87. The van der Waals surface area contributed by atoms with Crippen molar-refractivity contribution in [3.63, 3.8) is 0 Å². The molecule has 0 saturated carbocycles. The summed E-state index contributed by atoms with van der Waals surface area (Å²) in [6.07, 6.45) is 4.81. The third kappa shape index (κ3) is 2.93. The molecule has 2 unspecified atom stereocenters. The highest BCUT2D eigenvalue weighted by Crippen LogP contribution is 2.32. The van der Waals surface area contributed by atoms with E-state index in [9.17, 15) is 0 Å². The molecule has 2 atom stereocenters. The van der Waals surface area contributed by atoms with Crippen LogP contribution in [0, 0.1) is 5.92 Å². The molecule has 1 aliphatic carbocycles. The molecule has 19 heavy (non-hydrogen) atoms. The maximum Gasteiger partial charge on any atom is 0.119 e. The van der Waals surface area contributed by atoms with Gasteiger partial charge in [-0.05, 0) is 56.0 Å². The van der Waals surface area contributed by atoms with Crippen LogP contribution in [0.1, 0.15) is 36.4 Å². The summed E-state index contributed by atoms with van der Waals surface area (Å²) in [6.45, 7) is 2.53. The van der Waals surface area contributed by atoms with E-state index >= 15 is 0 Å². The van der Waals surface area contributed by atoms with Gasteiger partial charge in [0.2, 0.25) is 0 Å². The van der Waals surface area contributed by atoms with Crippen LogP contribution in [-0.2, 0) is 11.2 Å². The van der Waals surface area contributed by atoms with Crippen molar-refractivity contribution in [2.24, 2.45) is 5.92 Å². The van der Waals surface area contributed by atoms with Crippen molar-refractivity contribution in [3.05, 3.63) is 29.3 Å². The Bertz CT molecular complexity index is 427. The molecule has 1 saturated heterocycles. The molecule has 1 fully saturated rings. The van der Waals surface area contributed by atoms with E-state index in [1.54, 1.807) is 0 Å². The van der Waals surface area contributed by atoms with Crippen molar-refractivity contribution in [3.8, 4) is 5.75 Å². The third-order valence-corrected chi connectivity index (χ3v) is 4.29. The zero-order valence-corrected chi connectivity index (χ0v) is 11.7.